The first-order valence-electron chi connectivity index (χ1n) is 9.65. The van der Waals surface area contributed by atoms with E-state index < -0.39 is 5.91 Å². The quantitative estimate of drug-likeness (QED) is 0.245. The highest BCUT2D eigenvalue weighted by Gasteiger charge is 2.06. The van der Waals surface area contributed by atoms with Crippen LogP contribution in [0.1, 0.15) is 21.5 Å². The van der Waals surface area contributed by atoms with Gasteiger partial charge in [0.05, 0.1) is 6.21 Å². The Morgan fingerprint density at radius 3 is 2.48 bits per heavy atom. The lowest BCUT2D eigenvalue weighted by molar-refractivity contribution is 0.0955. The van der Waals surface area contributed by atoms with Crippen LogP contribution in [0.5, 0.6) is 17.2 Å². The molecule has 4 aromatic carbocycles. The van der Waals surface area contributed by atoms with Crippen LogP contribution in [-0.4, -0.2) is 22.3 Å². The molecule has 0 radical (unpaired) electrons. The standard InChI is InChI=1S/C25H20N2O4/c28-23-7-3-6-21(24(23)29)15-26-27-25(30)19-10-8-17(9-11-19)16-31-22-13-12-18-4-1-2-5-20(18)14-22/h1-15,28-29H,16H2,(H,27,30). The van der Waals surface area contributed by atoms with Gasteiger partial charge < -0.3 is 14.9 Å². The molecular weight excluding hydrogens is 392 g/mol. The summed E-state index contributed by atoms with van der Waals surface area (Å²) in [6.45, 7) is 0.384. The number of hydrogen-bond acceptors (Lipinski definition) is 5. The van der Waals surface area contributed by atoms with E-state index in [9.17, 15) is 15.0 Å². The Balaban J connectivity index is 1.34. The first-order valence-corrected chi connectivity index (χ1v) is 9.65. The molecule has 4 rings (SSSR count). The number of para-hydroxylation sites is 1. The van der Waals surface area contributed by atoms with Gasteiger partial charge in [-0.2, -0.15) is 5.10 Å². The maximum atomic E-state index is 12.2. The van der Waals surface area contributed by atoms with Crippen LogP contribution < -0.4 is 10.2 Å². The topological polar surface area (TPSA) is 91.2 Å². The number of ether oxygens (including phenoxy) is 1. The number of phenolic OH excluding ortho intramolecular Hbond substituents is 2. The minimum atomic E-state index is -0.391. The van der Waals surface area contributed by atoms with E-state index in [0.29, 0.717) is 17.7 Å². The molecule has 0 spiro atoms. The van der Waals surface area contributed by atoms with Crippen molar-refractivity contribution in [2.75, 3.05) is 0 Å². The molecule has 0 aromatic heterocycles. The fourth-order valence-corrected chi connectivity index (χ4v) is 3.05. The van der Waals surface area contributed by atoms with Crippen molar-refractivity contribution >= 4 is 22.9 Å². The van der Waals surface area contributed by atoms with Gasteiger partial charge in [0.25, 0.3) is 5.91 Å². The second-order valence-electron chi connectivity index (χ2n) is 6.91. The van der Waals surface area contributed by atoms with Gasteiger partial charge in [0, 0.05) is 11.1 Å². The number of carbonyl (C=O) groups is 1. The van der Waals surface area contributed by atoms with Gasteiger partial charge in [-0.25, -0.2) is 5.43 Å². The first-order chi connectivity index (χ1) is 15.1. The van der Waals surface area contributed by atoms with E-state index in [2.05, 4.69) is 16.6 Å². The predicted molar refractivity (Wildman–Crippen MR) is 120 cm³/mol. The maximum Gasteiger partial charge on any atom is 0.271 e. The summed E-state index contributed by atoms with van der Waals surface area (Å²) in [5, 5.41) is 25.3. The van der Waals surface area contributed by atoms with Crippen LogP contribution in [0.2, 0.25) is 0 Å². The zero-order valence-electron chi connectivity index (χ0n) is 16.5. The number of hydrazone groups is 1. The number of aromatic hydroxyl groups is 2. The van der Waals surface area contributed by atoms with Crippen molar-refractivity contribution in [2.45, 2.75) is 6.61 Å². The third-order valence-electron chi connectivity index (χ3n) is 4.76. The Bertz CT molecular complexity index is 1250. The smallest absolute Gasteiger partial charge is 0.271 e. The summed E-state index contributed by atoms with van der Waals surface area (Å²) in [7, 11) is 0. The van der Waals surface area contributed by atoms with Gasteiger partial charge in [-0.15, -0.1) is 0 Å². The van der Waals surface area contributed by atoms with Gasteiger partial charge in [0.15, 0.2) is 11.5 Å². The molecule has 6 heteroatoms. The number of carbonyl (C=O) groups excluding carboxylic acids is 1. The average Bonchev–Trinajstić information content (AvgIpc) is 2.80. The zero-order chi connectivity index (χ0) is 21.6. The fourth-order valence-electron chi connectivity index (χ4n) is 3.05. The van der Waals surface area contributed by atoms with Gasteiger partial charge >= 0.3 is 0 Å². The molecule has 0 saturated carbocycles. The third kappa shape index (κ3) is 4.82. The molecule has 0 atom stereocenters. The first kappa shape index (κ1) is 20.0. The van der Waals surface area contributed by atoms with Crippen molar-refractivity contribution in [3.05, 3.63) is 102 Å². The molecule has 0 fully saturated rings. The number of hydrogen-bond donors (Lipinski definition) is 3. The van der Waals surface area contributed by atoms with Crippen LogP contribution in [0.4, 0.5) is 0 Å². The number of fused-ring (bicyclic) bond motifs is 1. The van der Waals surface area contributed by atoms with Crippen molar-refractivity contribution < 1.29 is 19.7 Å². The molecule has 154 valence electrons. The Kier molecular flexibility index (Phi) is 5.80. The lowest BCUT2D eigenvalue weighted by Crippen LogP contribution is -2.17. The summed E-state index contributed by atoms with van der Waals surface area (Å²) in [6.07, 6.45) is 1.26. The van der Waals surface area contributed by atoms with E-state index in [1.54, 1.807) is 24.3 Å². The molecule has 3 N–H and O–H groups in total. The number of phenols is 2. The van der Waals surface area contributed by atoms with E-state index >= 15 is 0 Å². The Labute approximate surface area is 179 Å². The molecule has 0 unspecified atom stereocenters. The normalized spacial score (nSPS) is 11.0. The minimum Gasteiger partial charge on any atom is -0.504 e. The van der Waals surface area contributed by atoms with Gasteiger partial charge in [0.2, 0.25) is 0 Å². The summed E-state index contributed by atoms with van der Waals surface area (Å²) in [4.78, 5) is 12.2. The summed E-state index contributed by atoms with van der Waals surface area (Å²) in [6, 6.07) is 25.6. The summed E-state index contributed by atoms with van der Waals surface area (Å²) < 4.78 is 5.87. The molecule has 0 aliphatic rings. The van der Waals surface area contributed by atoms with E-state index in [0.717, 1.165) is 22.1 Å². The summed E-state index contributed by atoms with van der Waals surface area (Å²) in [5.41, 5.74) is 4.05. The second-order valence-corrected chi connectivity index (χ2v) is 6.91. The summed E-state index contributed by atoms with van der Waals surface area (Å²) >= 11 is 0. The fraction of sp³-hybridized carbons (Fsp3) is 0.0400. The highest BCUT2D eigenvalue weighted by Crippen LogP contribution is 2.26. The van der Waals surface area contributed by atoms with Gasteiger partial charge in [-0.3, -0.25) is 4.79 Å². The number of rotatable bonds is 6. The molecule has 31 heavy (non-hydrogen) atoms. The Morgan fingerprint density at radius 2 is 1.68 bits per heavy atom. The monoisotopic (exact) mass is 412 g/mol. The Hall–Kier alpha value is -4.32. The highest BCUT2D eigenvalue weighted by atomic mass is 16.5. The van der Waals surface area contributed by atoms with Crippen LogP contribution in [0.25, 0.3) is 10.8 Å². The summed E-state index contributed by atoms with van der Waals surface area (Å²) in [5.74, 6) is -0.156. The van der Waals surface area contributed by atoms with Crippen molar-refractivity contribution in [3.8, 4) is 17.2 Å². The van der Waals surface area contributed by atoms with Gasteiger partial charge in [0.1, 0.15) is 12.4 Å². The largest absolute Gasteiger partial charge is 0.504 e. The molecule has 0 bridgehead atoms. The molecule has 1 amide bonds. The highest BCUT2D eigenvalue weighted by molar-refractivity contribution is 5.95. The SMILES string of the molecule is O=C(NN=Cc1cccc(O)c1O)c1ccc(COc2ccc3ccccc3c2)cc1. The van der Waals surface area contributed by atoms with Gasteiger partial charge in [-0.05, 0) is 52.7 Å². The van der Waals surface area contributed by atoms with Crippen molar-refractivity contribution in [2.24, 2.45) is 5.10 Å². The van der Waals surface area contributed by atoms with E-state index in [1.165, 1.54) is 12.3 Å². The molecule has 4 aromatic rings. The second kappa shape index (κ2) is 9.00. The van der Waals surface area contributed by atoms with Crippen LogP contribution in [0.15, 0.2) is 90.0 Å². The number of benzene rings is 4. The van der Waals surface area contributed by atoms with E-state index in [4.69, 9.17) is 4.74 Å². The molecule has 0 saturated heterocycles. The van der Waals surface area contributed by atoms with Crippen molar-refractivity contribution in [1.29, 1.82) is 0 Å². The van der Waals surface area contributed by atoms with Gasteiger partial charge in [-0.1, -0.05) is 48.5 Å². The van der Waals surface area contributed by atoms with E-state index in [1.807, 2.05) is 48.5 Å². The van der Waals surface area contributed by atoms with Crippen LogP contribution in [-0.2, 0) is 6.61 Å². The molecule has 6 nitrogen and oxygen atoms in total. The molecule has 0 aliphatic heterocycles. The zero-order valence-corrected chi connectivity index (χ0v) is 16.5. The molecular formula is C25H20N2O4. The van der Waals surface area contributed by atoms with Crippen molar-refractivity contribution in [3.63, 3.8) is 0 Å². The predicted octanol–water partition coefficient (Wildman–Crippen LogP) is 4.59. The maximum absolute atomic E-state index is 12.2. The van der Waals surface area contributed by atoms with Crippen LogP contribution in [0, 0.1) is 0 Å². The number of amides is 1. The number of nitrogens with one attached hydrogen (secondary N) is 1. The lowest BCUT2D eigenvalue weighted by Gasteiger charge is -2.08. The number of nitrogens with zero attached hydrogens (tertiary/aromatic N) is 1. The van der Waals surface area contributed by atoms with E-state index in [-0.39, 0.29) is 11.5 Å². The minimum absolute atomic E-state index is 0.253. The van der Waals surface area contributed by atoms with Crippen LogP contribution >= 0.6 is 0 Å². The molecule has 0 heterocycles. The lowest BCUT2D eigenvalue weighted by atomic mass is 10.1. The Morgan fingerprint density at radius 1 is 0.903 bits per heavy atom. The van der Waals surface area contributed by atoms with Crippen LogP contribution in [0.3, 0.4) is 0 Å². The third-order valence-corrected chi connectivity index (χ3v) is 4.76. The average molecular weight is 412 g/mol. The van der Waals surface area contributed by atoms with Crippen molar-refractivity contribution in [1.82, 2.24) is 5.43 Å². The molecule has 0 aliphatic carbocycles.